The second-order valence-corrected chi connectivity index (χ2v) is 7.38. The molecule has 0 radical (unpaired) electrons. The van der Waals surface area contributed by atoms with Crippen LogP contribution in [0, 0.1) is 6.92 Å². The van der Waals surface area contributed by atoms with E-state index < -0.39 is 0 Å². The molecule has 0 spiro atoms. The van der Waals surface area contributed by atoms with Crippen LogP contribution in [0.4, 0.5) is 0 Å². The molecular formula is C18H15N2S2+. The SMILES string of the molecule is Cc1ccc2c(c1-c1cccc[n+]1C)Sc1ncccc1S2. The molecule has 22 heavy (non-hydrogen) atoms. The van der Waals surface area contributed by atoms with E-state index in [4.69, 9.17) is 0 Å². The number of rotatable bonds is 1. The van der Waals surface area contributed by atoms with Gasteiger partial charge in [-0.15, -0.1) is 0 Å². The fourth-order valence-electron chi connectivity index (χ4n) is 2.69. The van der Waals surface area contributed by atoms with E-state index in [1.54, 1.807) is 11.8 Å². The average Bonchev–Trinajstić information content (AvgIpc) is 2.54. The van der Waals surface area contributed by atoms with E-state index in [0.717, 1.165) is 5.03 Å². The summed E-state index contributed by atoms with van der Waals surface area (Å²) in [6.45, 7) is 2.18. The maximum Gasteiger partial charge on any atom is 0.213 e. The lowest BCUT2D eigenvalue weighted by Gasteiger charge is -2.20. The lowest BCUT2D eigenvalue weighted by molar-refractivity contribution is -0.660. The minimum atomic E-state index is 1.10. The van der Waals surface area contributed by atoms with Crippen LogP contribution in [0.5, 0.6) is 0 Å². The van der Waals surface area contributed by atoms with Gasteiger partial charge in [-0.2, -0.15) is 0 Å². The molecule has 2 aromatic heterocycles. The average molecular weight is 323 g/mol. The summed E-state index contributed by atoms with van der Waals surface area (Å²) in [4.78, 5) is 8.42. The third-order valence-corrected chi connectivity index (χ3v) is 6.31. The molecule has 0 N–H and O–H groups in total. The fourth-order valence-corrected chi connectivity index (χ4v) is 5.06. The zero-order chi connectivity index (χ0) is 15.1. The summed E-state index contributed by atoms with van der Waals surface area (Å²) in [6, 6.07) is 14.9. The Kier molecular flexibility index (Phi) is 3.43. The second kappa shape index (κ2) is 5.45. The van der Waals surface area contributed by atoms with Crippen LogP contribution in [0.3, 0.4) is 0 Å². The van der Waals surface area contributed by atoms with Gasteiger partial charge in [0.2, 0.25) is 5.69 Å². The number of aromatic nitrogens is 2. The lowest BCUT2D eigenvalue weighted by Crippen LogP contribution is -2.30. The highest BCUT2D eigenvalue weighted by molar-refractivity contribution is 8.05. The molecule has 0 fully saturated rings. The van der Waals surface area contributed by atoms with Crippen LogP contribution in [0.1, 0.15) is 5.56 Å². The molecule has 2 nitrogen and oxygen atoms in total. The third-order valence-electron chi connectivity index (χ3n) is 3.80. The Balaban J connectivity index is 1.94. The van der Waals surface area contributed by atoms with Gasteiger partial charge in [-0.3, -0.25) is 0 Å². The third kappa shape index (κ3) is 2.23. The Hall–Kier alpha value is -1.78. The van der Waals surface area contributed by atoms with Crippen LogP contribution in [0.15, 0.2) is 74.6 Å². The summed E-state index contributed by atoms with van der Waals surface area (Å²) < 4.78 is 2.18. The van der Waals surface area contributed by atoms with Crippen molar-refractivity contribution in [3.8, 4) is 11.3 Å². The van der Waals surface area contributed by atoms with Gasteiger partial charge in [0, 0.05) is 33.0 Å². The molecule has 0 aliphatic carbocycles. The summed E-state index contributed by atoms with van der Waals surface area (Å²) >= 11 is 3.59. The van der Waals surface area contributed by atoms with E-state index in [1.807, 2.05) is 24.0 Å². The Morgan fingerprint density at radius 3 is 2.73 bits per heavy atom. The highest BCUT2D eigenvalue weighted by atomic mass is 32.2. The first kappa shape index (κ1) is 13.9. The molecule has 108 valence electrons. The fraction of sp³-hybridized carbons (Fsp3) is 0.111. The first-order valence-corrected chi connectivity index (χ1v) is 8.77. The molecule has 0 saturated carbocycles. The van der Waals surface area contributed by atoms with Crippen LogP contribution in [-0.4, -0.2) is 4.98 Å². The van der Waals surface area contributed by atoms with Crippen molar-refractivity contribution in [2.75, 3.05) is 0 Å². The summed E-state index contributed by atoms with van der Waals surface area (Å²) in [5.41, 5.74) is 3.85. The Labute approximate surface area is 138 Å². The zero-order valence-corrected chi connectivity index (χ0v) is 14.0. The summed E-state index contributed by atoms with van der Waals surface area (Å²) in [7, 11) is 2.10. The highest BCUT2D eigenvalue weighted by Gasteiger charge is 2.25. The molecule has 1 aromatic carbocycles. The molecule has 4 rings (SSSR count). The van der Waals surface area contributed by atoms with E-state index in [1.165, 1.54) is 31.5 Å². The molecule has 1 aliphatic rings. The van der Waals surface area contributed by atoms with Gasteiger partial charge in [-0.25, -0.2) is 9.55 Å². The Bertz CT molecular complexity index is 875. The van der Waals surface area contributed by atoms with Crippen molar-refractivity contribution in [3.63, 3.8) is 0 Å². The van der Waals surface area contributed by atoms with Crippen LogP contribution < -0.4 is 4.57 Å². The molecule has 3 heterocycles. The number of aryl methyl sites for hydroxylation is 2. The molecule has 0 saturated heterocycles. The van der Waals surface area contributed by atoms with E-state index >= 15 is 0 Å². The van der Waals surface area contributed by atoms with Crippen molar-refractivity contribution in [1.82, 2.24) is 4.98 Å². The summed E-state index contributed by atoms with van der Waals surface area (Å²) in [5, 5.41) is 1.10. The van der Waals surface area contributed by atoms with Crippen molar-refractivity contribution >= 4 is 23.5 Å². The lowest BCUT2D eigenvalue weighted by atomic mass is 10.0. The molecular weight excluding hydrogens is 308 g/mol. The molecule has 0 amide bonds. The summed E-state index contributed by atoms with van der Waals surface area (Å²) in [5.74, 6) is 0. The molecule has 0 atom stereocenters. The molecule has 0 bridgehead atoms. The van der Waals surface area contributed by atoms with E-state index in [9.17, 15) is 0 Å². The number of benzene rings is 1. The standard InChI is InChI=1S/C18H15N2S2/c1-12-8-9-14-17(16(12)13-6-3-4-11-20(13)2)22-18-15(21-14)7-5-10-19-18/h3-11H,1-2H3/q+1. The number of hydrogen-bond acceptors (Lipinski definition) is 3. The van der Waals surface area contributed by atoms with Gasteiger partial charge in [-0.1, -0.05) is 29.6 Å². The van der Waals surface area contributed by atoms with Crippen LogP contribution in [-0.2, 0) is 7.05 Å². The van der Waals surface area contributed by atoms with Crippen molar-refractivity contribution in [1.29, 1.82) is 0 Å². The smallest absolute Gasteiger partial charge is 0.213 e. The van der Waals surface area contributed by atoms with Crippen LogP contribution in [0.2, 0.25) is 0 Å². The van der Waals surface area contributed by atoms with Gasteiger partial charge < -0.3 is 0 Å². The maximum atomic E-state index is 4.54. The minimum Gasteiger partial charge on any atom is -0.248 e. The van der Waals surface area contributed by atoms with Gasteiger partial charge >= 0.3 is 0 Å². The predicted molar refractivity (Wildman–Crippen MR) is 90.3 cm³/mol. The first-order valence-electron chi connectivity index (χ1n) is 7.13. The van der Waals surface area contributed by atoms with E-state index in [0.29, 0.717) is 0 Å². The Morgan fingerprint density at radius 1 is 0.955 bits per heavy atom. The molecule has 3 aromatic rings. The van der Waals surface area contributed by atoms with Crippen molar-refractivity contribution in [3.05, 3.63) is 60.4 Å². The van der Waals surface area contributed by atoms with Gasteiger partial charge in [0.25, 0.3) is 0 Å². The quantitative estimate of drug-likeness (QED) is 0.480. The highest BCUT2D eigenvalue weighted by Crippen LogP contribution is 2.51. The van der Waals surface area contributed by atoms with E-state index in [2.05, 4.69) is 66.1 Å². The number of hydrogen-bond donors (Lipinski definition) is 0. The van der Waals surface area contributed by atoms with Crippen molar-refractivity contribution < 1.29 is 4.57 Å². The van der Waals surface area contributed by atoms with Gasteiger partial charge in [0.05, 0.1) is 5.56 Å². The van der Waals surface area contributed by atoms with Gasteiger partial charge in [0.15, 0.2) is 6.20 Å². The number of fused-ring (bicyclic) bond motifs is 2. The Morgan fingerprint density at radius 2 is 1.86 bits per heavy atom. The minimum absolute atomic E-state index is 1.10. The van der Waals surface area contributed by atoms with Gasteiger partial charge in [0.1, 0.15) is 12.1 Å². The van der Waals surface area contributed by atoms with E-state index in [-0.39, 0.29) is 0 Å². The molecule has 4 heteroatoms. The van der Waals surface area contributed by atoms with Crippen LogP contribution in [0.25, 0.3) is 11.3 Å². The normalized spacial score (nSPS) is 12.6. The van der Waals surface area contributed by atoms with Gasteiger partial charge in [-0.05, 0) is 36.8 Å². The number of nitrogens with zero attached hydrogens (tertiary/aromatic N) is 2. The zero-order valence-electron chi connectivity index (χ0n) is 12.4. The first-order chi connectivity index (χ1) is 10.7. The van der Waals surface area contributed by atoms with Crippen molar-refractivity contribution in [2.24, 2.45) is 7.05 Å². The van der Waals surface area contributed by atoms with Crippen LogP contribution >= 0.6 is 23.5 Å². The predicted octanol–water partition coefficient (Wildman–Crippen LogP) is 4.50. The maximum absolute atomic E-state index is 4.54. The largest absolute Gasteiger partial charge is 0.248 e. The molecule has 0 unspecified atom stereocenters. The van der Waals surface area contributed by atoms with Crippen molar-refractivity contribution in [2.45, 2.75) is 26.6 Å². The molecule has 1 aliphatic heterocycles. The topological polar surface area (TPSA) is 16.8 Å². The second-order valence-electron chi connectivity index (χ2n) is 5.29. The monoisotopic (exact) mass is 323 g/mol. The number of pyridine rings is 2. The summed E-state index contributed by atoms with van der Waals surface area (Å²) in [6.07, 6.45) is 3.97.